The average molecular weight is 449 g/mol. The molecule has 0 aliphatic heterocycles. The molecule has 0 bridgehead atoms. The fraction of sp³-hybridized carbons (Fsp3) is 0.120. The summed E-state index contributed by atoms with van der Waals surface area (Å²) in [7, 11) is 3.12. The van der Waals surface area contributed by atoms with Gasteiger partial charge in [-0.25, -0.2) is 9.37 Å². The van der Waals surface area contributed by atoms with E-state index >= 15 is 0 Å². The molecule has 0 aliphatic carbocycles. The van der Waals surface area contributed by atoms with Gasteiger partial charge in [-0.2, -0.15) is 0 Å². The quantitative estimate of drug-likeness (QED) is 0.387. The second-order valence-electron chi connectivity index (χ2n) is 6.98. The van der Waals surface area contributed by atoms with Crippen LogP contribution in [0.1, 0.15) is 5.56 Å². The number of anilines is 1. The van der Waals surface area contributed by atoms with Gasteiger partial charge in [0.05, 0.1) is 32.0 Å². The highest BCUT2D eigenvalue weighted by molar-refractivity contribution is 7.13. The largest absolute Gasteiger partial charge is 0.493 e. The molecule has 1 heterocycles. The molecule has 3 aromatic carbocycles. The van der Waals surface area contributed by atoms with E-state index in [-0.39, 0.29) is 18.1 Å². The van der Waals surface area contributed by atoms with E-state index in [1.807, 2.05) is 35.7 Å². The molecule has 0 spiro atoms. The lowest BCUT2D eigenvalue weighted by Crippen LogP contribution is -2.15. The van der Waals surface area contributed by atoms with Gasteiger partial charge >= 0.3 is 0 Å². The predicted molar refractivity (Wildman–Crippen MR) is 125 cm³/mol. The molecule has 0 unspecified atom stereocenters. The van der Waals surface area contributed by atoms with E-state index in [0.717, 1.165) is 11.1 Å². The summed E-state index contributed by atoms with van der Waals surface area (Å²) in [5.74, 6) is 0.691. The number of hydrogen-bond donors (Lipinski definition) is 1. The highest BCUT2D eigenvalue weighted by Crippen LogP contribution is 2.34. The lowest BCUT2D eigenvalue weighted by atomic mass is 10.1. The Bertz CT molecular complexity index is 1260. The number of hydrogen-bond acceptors (Lipinski definition) is 5. The number of aromatic nitrogens is 1. The van der Waals surface area contributed by atoms with Gasteiger partial charge in [0.1, 0.15) is 10.8 Å². The van der Waals surface area contributed by atoms with Gasteiger partial charge in [-0.05, 0) is 35.9 Å². The first-order valence-electron chi connectivity index (χ1n) is 9.89. The highest BCUT2D eigenvalue weighted by atomic mass is 32.1. The van der Waals surface area contributed by atoms with Crippen molar-refractivity contribution < 1.29 is 18.7 Å². The van der Waals surface area contributed by atoms with E-state index in [9.17, 15) is 9.18 Å². The van der Waals surface area contributed by atoms with Gasteiger partial charge in [0.25, 0.3) is 0 Å². The number of halogens is 1. The molecule has 4 rings (SSSR count). The maximum absolute atomic E-state index is 14.1. The molecule has 32 heavy (non-hydrogen) atoms. The molecule has 0 saturated heterocycles. The molecule has 4 aromatic rings. The number of amides is 1. The summed E-state index contributed by atoms with van der Waals surface area (Å²) >= 11 is 1.36. The number of rotatable bonds is 7. The van der Waals surface area contributed by atoms with Crippen LogP contribution >= 0.6 is 11.3 Å². The highest BCUT2D eigenvalue weighted by Gasteiger charge is 2.15. The molecule has 0 saturated carbocycles. The number of benzene rings is 3. The van der Waals surface area contributed by atoms with Gasteiger partial charge in [0, 0.05) is 16.5 Å². The molecule has 0 fully saturated rings. The second-order valence-corrected chi connectivity index (χ2v) is 7.84. The van der Waals surface area contributed by atoms with Crippen LogP contribution in [0.15, 0.2) is 72.1 Å². The molecule has 1 N–H and O–H groups in total. The van der Waals surface area contributed by atoms with Crippen LogP contribution in [0.4, 0.5) is 10.1 Å². The third-order valence-corrected chi connectivity index (χ3v) is 5.77. The molecular formula is C25H21FN2O3S. The molecule has 7 heteroatoms. The van der Waals surface area contributed by atoms with Crippen LogP contribution in [0.3, 0.4) is 0 Å². The fourth-order valence-electron chi connectivity index (χ4n) is 3.34. The first kappa shape index (κ1) is 21.5. The molecule has 5 nitrogen and oxygen atoms in total. The van der Waals surface area contributed by atoms with E-state index in [4.69, 9.17) is 9.47 Å². The Morgan fingerprint density at radius 1 is 0.969 bits per heavy atom. The number of carbonyl (C=O) groups excluding carboxylic acids is 1. The van der Waals surface area contributed by atoms with Gasteiger partial charge in [-0.3, -0.25) is 4.79 Å². The number of nitrogens with one attached hydrogen (secondary N) is 1. The number of nitrogens with zero attached hydrogens (tertiary/aromatic N) is 1. The van der Waals surface area contributed by atoms with Crippen LogP contribution in [0.5, 0.6) is 11.5 Å². The maximum Gasteiger partial charge on any atom is 0.228 e. The van der Waals surface area contributed by atoms with Gasteiger partial charge in [-0.15, -0.1) is 11.3 Å². The summed E-state index contributed by atoms with van der Waals surface area (Å²) in [4.78, 5) is 17.3. The minimum Gasteiger partial charge on any atom is -0.493 e. The van der Waals surface area contributed by atoms with E-state index in [2.05, 4.69) is 10.3 Å². The summed E-state index contributed by atoms with van der Waals surface area (Å²) in [5, 5.41) is 5.41. The number of thiazole rings is 1. The Hall–Kier alpha value is -3.71. The third-order valence-electron chi connectivity index (χ3n) is 4.90. The summed E-state index contributed by atoms with van der Waals surface area (Å²) in [5.41, 5.74) is 3.34. The molecule has 1 aromatic heterocycles. The second kappa shape index (κ2) is 9.62. The Morgan fingerprint density at radius 2 is 1.69 bits per heavy atom. The Balaban J connectivity index is 1.55. The maximum atomic E-state index is 14.1. The fourth-order valence-corrected chi connectivity index (χ4v) is 4.19. The lowest BCUT2D eigenvalue weighted by Gasteiger charge is -2.11. The van der Waals surface area contributed by atoms with E-state index < -0.39 is 0 Å². The third kappa shape index (κ3) is 4.63. The van der Waals surface area contributed by atoms with Crippen LogP contribution in [0.25, 0.3) is 21.8 Å². The molecular weight excluding hydrogens is 427 g/mol. The predicted octanol–water partition coefficient (Wildman–Crippen LogP) is 5.81. The van der Waals surface area contributed by atoms with Crippen molar-refractivity contribution in [2.24, 2.45) is 0 Å². The van der Waals surface area contributed by atoms with Crippen LogP contribution in [-0.4, -0.2) is 25.1 Å². The summed E-state index contributed by atoms with van der Waals surface area (Å²) < 4.78 is 24.7. The normalized spacial score (nSPS) is 10.6. The molecule has 0 aliphatic rings. The summed E-state index contributed by atoms with van der Waals surface area (Å²) in [6, 6.07) is 19.4. The summed E-state index contributed by atoms with van der Waals surface area (Å²) in [6.45, 7) is 0. The number of para-hydroxylation sites is 1. The van der Waals surface area contributed by atoms with Crippen molar-refractivity contribution >= 4 is 22.9 Å². The Kier molecular flexibility index (Phi) is 6.47. The van der Waals surface area contributed by atoms with Crippen molar-refractivity contribution in [2.75, 3.05) is 19.5 Å². The number of ether oxygens (including phenoxy) is 2. The van der Waals surface area contributed by atoms with Crippen LogP contribution in [-0.2, 0) is 11.2 Å². The van der Waals surface area contributed by atoms with Crippen LogP contribution in [0, 0.1) is 5.82 Å². The van der Waals surface area contributed by atoms with Crippen LogP contribution < -0.4 is 14.8 Å². The molecule has 0 radical (unpaired) electrons. The first-order valence-corrected chi connectivity index (χ1v) is 10.8. The zero-order chi connectivity index (χ0) is 22.5. The van der Waals surface area contributed by atoms with Gasteiger partial charge < -0.3 is 14.8 Å². The van der Waals surface area contributed by atoms with Gasteiger partial charge in [0.2, 0.25) is 5.91 Å². The monoisotopic (exact) mass is 448 g/mol. The minimum atomic E-state index is -0.315. The topological polar surface area (TPSA) is 60.5 Å². The van der Waals surface area contributed by atoms with E-state index in [1.54, 1.807) is 44.6 Å². The number of carbonyl (C=O) groups is 1. The van der Waals surface area contributed by atoms with Gasteiger partial charge in [0.15, 0.2) is 11.5 Å². The molecule has 162 valence electrons. The Morgan fingerprint density at radius 3 is 2.44 bits per heavy atom. The van der Waals surface area contributed by atoms with Crippen molar-refractivity contribution in [2.45, 2.75) is 6.42 Å². The lowest BCUT2D eigenvalue weighted by molar-refractivity contribution is -0.115. The SMILES string of the molecule is COc1ccc(CC(=O)Nc2ccccc2-c2csc(-c3ccccc3F)n2)cc1OC. The van der Waals surface area contributed by atoms with Crippen molar-refractivity contribution in [1.82, 2.24) is 4.98 Å². The van der Waals surface area contributed by atoms with E-state index in [1.165, 1.54) is 17.4 Å². The van der Waals surface area contributed by atoms with Crippen molar-refractivity contribution in [3.8, 4) is 33.3 Å². The van der Waals surface area contributed by atoms with Crippen molar-refractivity contribution in [1.29, 1.82) is 0 Å². The van der Waals surface area contributed by atoms with Crippen molar-refractivity contribution in [3.05, 3.63) is 83.5 Å². The van der Waals surface area contributed by atoms with Crippen molar-refractivity contribution in [3.63, 3.8) is 0 Å². The average Bonchev–Trinajstić information content (AvgIpc) is 3.29. The standard InChI is InChI=1S/C25H21FN2O3S/c1-30-22-12-11-16(13-23(22)31-2)14-24(29)27-20-10-6-4-8-18(20)21-15-32-25(28-21)17-7-3-5-9-19(17)26/h3-13,15H,14H2,1-2H3,(H,27,29). The smallest absolute Gasteiger partial charge is 0.228 e. The zero-order valence-corrected chi connectivity index (χ0v) is 18.4. The summed E-state index contributed by atoms with van der Waals surface area (Å²) in [6.07, 6.45) is 0.173. The Labute approximate surface area is 189 Å². The zero-order valence-electron chi connectivity index (χ0n) is 17.6. The molecule has 0 atom stereocenters. The molecule has 1 amide bonds. The van der Waals surface area contributed by atoms with E-state index in [0.29, 0.717) is 33.5 Å². The van der Waals surface area contributed by atoms with Gasteiger partial charge in [-0.1, -0.05) is 36.4 Å². The number of methoxy groups -OCH3 is 2. The first-order chi connectivity index (χ1) is 15.6. The van der Waals surface area contributed by atoms with Crippen LogP contribution in [0.2, 0.25) is 0 Å². The minimum absolute atomic E-state index is 0.172.